The van der Waals surface area contributed by atoms with Gasteiger partial charge in [0.15, 0.2) is 0 Å². The highest BCUT2D eigenvalue weighted by molar-refractivity contribution is 9.10. The lowest BCUT2D eigenvalue weighted by Gasteiger charge is -2.21. The molecule has 1 heterocycles. The van der Waals surface area contributed by atoms with Crippen LogP contribution in [0.4, 0.5) is 0 Å². The monoisotopic (exact) mass is 376 g/mol. The number of esters is 1. The largest absolute Gasteiger partial charge is 0.465 e. The Morgan fingerprint density at radius 3 is 2.64 bits per heavy atom. The van der Waals surface area contributed by atoms with Crippen LogP contribution in [0.5, 0.6) is 0 Å². The van der Waals surface area contributed by atoms with E-state index in [1.54, 1.807) is 0 Å². The Morgan fingerprint density at radius 1 is 1.23 bits per heavy atom. The summed E-state index contributed by atoms with van der Waals surface area (Å²) in [6.07, 6.45) is 0.950. The van der Waals surface area contributed by atoms with Gasteiger partial charge in [-0.1, -0.05) is 46.7 Å². The number of carbonyl (C=O) groups is 1. The molecule has 22 heavy (non-hydrogen) atoms. The van der Waals surface area contributed by atoms with Crippen LogP contribution in [-0.2, 0) is 16.0 Å². The average Bonchev–Trinajstić information content (AvgIpc) is 2.50. The van der Waals surface area contributed by atoms with Gasteiger partial charge in [-0.05, 0) is 47.4 Å². The maximum Gasteiger partial charge on any atom is 0.302 e. The number of rotatable bonds is 3. The molecule has 0 N–H and O–H groups in total. The van der Waals surface area contributed by atoms with E-state index < -0.39 is 0 Å². The van der Waals surface area contributed by atoms with Gasteiger partial charge in [0.25, 0.3) is 0 Å². The van der Waals surface area contributed by atoms with Crippen LogP contribution < -0.4 is 0 Å². The first-order valence-corrected chi connectivity index (χ1v) is 8.86. The smallest absolute Gasteiger partial charge is 0.302 e. The third kappa shape index (κ3) is 3.39. The predicted octanol–water partition coefficient (Wildman–Crippen LogP) is 5.17. The van der Waals surface area contributed by atoms with Crippen LogP contribution >= 0.6 is 27.7 Å². The zero-order valence-corrected chi connectivity index (χ0v) is 15.0. The molecule has 4 heteroatoms. The number of fused-ring (bicyclic) bond motifs is 2. The van der Waals surface area contributed by atoms with E-state index in [0.717, 1.165) is 10.9 Å². The minimum absolute atomic E-state index is 0.211. The Bertz CT molecular complexity index is 727. The molecule has 0 fully saturated rings. The maximum absolute atomic E-state index is 11.0. The van der Waals surface area contributed by atoms with E-state index >= 15 is 0 Å². The number of halogens is 1. The molecule has 0 saturated carbocycles. The second-order valence-corrected chi connectivity index (χ2v) is 7.60. The SMILES string of the molecule is CC(=O)OCC(C)c1ccc2c(c1)Cc1cc(Br)ccc1S2. The summed E-state index contributed by atoms with van der Waals surface area (Å²) in [4.78, 5) is 13.6. The number of carbonyl (C=O) groups excluding carboxylic acids is 1. The lowest BCUT2D eigenvalue weighted by Crippen LogP contribution is -2.09. The molecule has 0 bridgehead atoms. The lowest BCUT2D eigenvalue weighted by molar-refractivity contribution is -0.141. The summed E-state index contributed by atoms with van der Waals surface area (Å²) < 4.78 is 6.24. The fraction of sp³-hybridized carbons (Fsp3) is 0.278. The number of hydrogen-bond acceptors (Lipinski definition) is 3. The van der Waals surface area contributed by atoms with Gasteiger partial charge in [0.2, 0.25) is 0 Å². The molecule has 0 radical (unpaired) electrons. The van der Waals surface area contributed by atoms with Crippen molar-refractivity contribution in [2.45, 2.75) is 36.0 Å². The number of benzene rings is 2. The molecule has 3 rings (SSSR count). The van der Waals surface area contributed by atoms with E-state index in [1.165, 1.54) is 33.4 Å². The van der Waals surface area contributed by atoms with Crippen LogP contribution in [0.25, 0.3) is 0 Å². The van der Waals surface area contributed by atoms with E-state index in [4.69, 9.17) is 4.74 Å². The van der Waals surface area contributed by atoms with Gasteiger partial charge in [0, 0.05) is 27.1 Å². The zero-order valence-electron chi connectivity index (χ0n) is 12.6. The van der Waals surface area contributed by atoms with E-state index in [9.17, 15) is 4.79 Å². The van der Waals surface area contributed by atoms with E-state index in [-0.39, 0.29) is 11.9 Å². The topological polar surface area (TPSA) is 26.3 Å². The van der Waals surface area contributed by atoms with Gasteiger partial charge in [-0.15, -0.1) is 0 Å². The molecular weight excluding hydrogens is 360 g/mol. The van der Waals surface area contributed by atoms with Gasteiger partial charge in [0.05, 0.1) is 6.61 Å². The first kappa shape index (κ1) is 15.6. The molecule has 1 atom stereocenters. The third-order valence-corrected chi connectivity index (χ3v) is 5.54. The van der Waals surface area contributed by atoms with Crippen molar-refractivity contribution >= 4 is 33.7 Å². The van der Waals surface area contributed by atoms with Crippen molar-refractivity contribution in [3.8, 4) is 0 Å². The summed E-state index contributed by atoms with van der Waals surface area (Å²) in [7, 11) is 0. The Kier molecular flexibility index (Phi) is 4.59. The van der Waals surface area contributed by atoms with Crippen LogP contribution in [-0.4, -0.2) is 12.6 Å². The minimum Gasteiger partial charge on any atom is -0.465 e. The molecule has 0 saturated heterocycles. The summed E-state index contributed by atoms with van der Waals surface area (Å²) in [5.41, 5.74) is 3.93. The Labute approximate surface area is 143 Å². The van der Waals surface area contributed by atoms with Crippen molar-refractivity contribution in [3.05, 3.63) is 57.6 Å². The van der Waals surface area contributed by atoms with Gasteiger partial charge >= 0.3 is 5.97 Å². The van der Waals surface area contributed by atoms with E-state index in [0.29, 0.717) is 6.61 Å². The second-order valence-electron chi connectivity index (χ2n) is 5.60. The molecule has 2 aromatic rings. The predicted molar refractivity (Wildman–Crippen MR) is 92.6 cm³/mol. The summed E-state index contributed by atoms with van der Waals surface area (Å²) >= 11 is 5.37. The van der Waals surface area contributed by atoms with Crippen LogP contribution in [0, 0.1) is 0 Å². The molecule has 2 nitrogen and oxygen atoms in total. The second kappa shape index (κ2) is 6.47. The Balaban J connectivity index is 1.83. The van der Waals surface area contributed by atoms with Crippen molar-refractivity contribution in [2.24, 2.45) is 0 Å². The summed E-state index contributed by atoms with van der Waals surface area (Å²) in [5, 5.41) is 0. The minimum atomic E-state index is -0.223. The third-order valence-electron chi connectivity index (χ3n) is 3.81. The molecule has 0 aromatic heterocycles. The Morgan fingerprint density at radius 2 is 1.91 bits per heavy atom. The molecule has 0 spiro atoms. The molecule has 2 aromatic carbocycles. The molecule has 1 unspecified atom stereocenters. The highest BCUT2D eigenvalue weighted by atomic mass is 79.9. The number of hydrogen-bond donors (Lipinski definition) is 0. The first-order chi connectivity index (χ1) is 10.5. The molecule has 0 aliphatic carbocycles. The lowest BCUT2D eigenvalue weighted by atomic mass is 9.96. The van der Waals surface area contributed by atoms with E-state index in [2.05, 4.69) is 59.3 Å². The van der Waals surface area contributed by atoms with Crippen molar-refractivity contribution in [1.29, 1.82) is 0 Å². The fourth-order valence-corrected chi connectivity index (χ4v) is 4.03. The van der Waals surface area contributed by atoms with E-state index in [1.807, 2.05) is 11.8 Å². The van der Waals surface area contributed by atoms with Crippen molar-refractivity contribution in [2.75, 3.05) is 6.61 Å². The highest BCUT2D eigenvalue weighted by Crippen LogP contribution is 2.41. The van der Waals surface area contributed by atoms with Crippen LogP contribution in [0.15, 0.2) is 50.7 Å². The first-order valence-electron chi connectivity index (χ1n) is 7.25. The summed E-state index contributed by atoms with van der Waals surface area (Å²) in [6, 6.07) is 13.0. The zero-order chi connectivity index (χ0) is 15.7. The summed E-state index contributed by atoms with van der Waals surface area (Å²) in [6.45, 7) is 3.97. The fourth-order valence-electron chi connectivity index (χ4n) is 2.59. The average molecular weight is 377 g/mol. The quantitative estimate of drug-likeness (QED) is 0.589. The van der Waals surface area contributed by atoms with Crippen molar-refractivity contribution < 1.29 is 9.53 Å². The molecule has 114 valence electrons. The van der Waals surface area contributed by atoms with Crippen molar-refractivity contribution in [1.82, 2.24) is 0 Å². The van der Waals surface area contributed by atoms with Gasteiger partial charge in [-0.2, -0.15) is 0 Å². The molecular formula is C18H17BrO2S. The molecule has 0 amide bonds. The van der Waals surface area contributed by atoms with Crippen LogP contribution in [0.3, 0.4) is 0 Å². The van der Waals surface area contributed by atoms with Gasteiger partial charge in [0.1, 0.15) is 0 Å². The molecule has 1 aliphatic rings. The normalized spacial score (nSPS) is 14.0. The standard InChI is InChI=1S/C18H17BrO2S/c1-11(10-21-12(2)20)13-3-5-17-14(7-13)8-15-9-16(19)4-6-18(15)22-17/h3-7,9,11H,8,10H2,1-2H3. The van der Waals surface area contributed by atoms with Gasteiger partial charge < -0.3 is 4.74 Å². The van der Waals surface area contributed by atoms with Gasteiger partial charge in [-0.25, -0.2) is 0 Å². The van der Waals surface area contributed by atoms with Crippen LogP contribution in [0.1, 0.15) is 36.5 Å². The van der Waals surface area contributed by atoms with Crippen LogP contribution in [0.2, 0.25) is 0 Å². The van der Waals surface area contributed by atoms with Gasteiger partial charge in [-0.3, -0.25) is 4.79 Å². The maximum atomic E-state index is 11.0. The summed E-state index contributed by atoms with van der Waals surface area (Å²) in [5.74, 6) is -0.0118. The number of ether oxygens (including phenoxy) is 1. The molecule has 1 aliphatic heterocycles. The van der Waals surface area contributed by atoms with Crippen molar-refractivity contribution in [3.63, 3.8) is 0 Å². The highest BCUT2D eigenvalue weighted by Gasteiger charge is 2.18. The Hall–Kier alpha value is -1.26.